The van der Waals surface area contributed by atoms with Crippen molar-refractivity contribution in [1.82, 2.24) is 14.5 Å². The van der Waals surface area contributed by atoms with E-state index < -0.39 is 24.0 Å². The summed E-state index contributed by atoms with van der Waals surface area (Å²) in [6.45, 7) is 5.45. The molecule has 0 radical (unpaired) electrons. The van der Waals surface area contributed by atoms with Crippen LogP contribution in [0.25, 0.3) is 0 Å². The quantitative estimate of drug-likeness (QED) is 0.571. The van der Waals surface area contributed by atoms with E-state index in [1.807, 2.05) is 51.1 Å². The number of imidazole rings is 1. The summed E-state index contributed by atoms with van der Waals surface area (Å²) in [6.07, 6.45) is 3.43. The predicted octanol–water partition coefficient (Wildman–Crippen LogP) is 1.80. The molecule has 0 amide bonds. The van der Waals surface area contributed by atoms with Crippen molar-refractivity contribution in [3.63, 3.8) is 0 Å². The van der Waals surface area contributed by atoms with Crippen molar-refractivity contribution in [3.05, 3.63) is 58.8 Å². The van der Waals surface area contributed by atoms with Crippen molar-refractivity contribution in [3.8, 4) is 0 Å². The summed E-state index contributed by atoms with van der Waals surface area (Å²) in [7, 11) is 0. The van der Waals surface area contributed by atoms with Crippen LogP contribution in [0, 0.1) is 5.92 Å². The molecular weight excluding hydrogens is 362 g/mol. The SMILES string of the molecule is CC(C)C[C@H](N[C@@H](Cn1ccn([C@H](C)c2ccccc2)c1=O)C(=O)O)C(=O)O. The van der Waals surface area contributed by atoms with Crippen LogP contribution in [0.4, 0.5) is 0 Å². The van der Waals surface area contributed by atoms with E-state index in [-0.39, 0.29) is 24.2 Å². The molecule has 0 unspecified atom stereocenters. The van der Waals surface area contributed by atoms with E-state index in [0.717, 1.165) is 5.56 Å². The van der Waals surface area contributed by atoms with Crippen LogP contribution in [0.2, 0.25) is 0 Å². The lowest BCUT2D eigenvalue weighted by Gasteiger charge is -2.21. The maximum atomic E-state index is 12.7. The minimum absolute atomic E-state index is 0.0820. The normalized spacial score (nSPS) is 14.6. The second-order valence-electron chi connectivity index (χ2n) is 7.30. The highest BCUT2D eigenvalue weighted by atomic mass is 16.4. The fourth-order valence-electron chi connectivity index (χ4n) is 3.11. The molecule has 0 bridgehead atoms. The molecule has 28 heavy (non-hydrogen) atoms. The first kappa shape index (κ1) is 21.4. The van der Waals surface area contributed by atoms with Crippen molar-refractivity contribution < 1.29 is 19.8 Å². The third-order valence-corrected chi connectivity index (χ3v) is 4.66. The number of hydrogen-bond donors (Lipinski definition) is 3. The molecule has 0 saturated carbocycles. The van der Waals surface area contributed by atoms with Gasteiger partial charge in [-0.25, -0.2) is 4.79 Å². The molecule has 3 N–H and O–H groups in total. The van der Waals surface area contributed by atoms with E-state index in [1.165, 1.54) is 15.3 Å². The molecule has 0 aliphatic rings. The number of carboxylic acid groups (broad SMARTS) is 2. The monoisotopic (exact) mass is 389 g/mol. The summed E-state index contributed by atoms with van der Waals surface area (Å²) in [6, 6.07) is 7.10. The van der Waals surface area contributed by atoms with Gasteiger partial charge in [0, 0.05) is 12.4 Å². The van der Waals surface area contributed by atoms with E-state index in [4.69, 9.17) is 0 Å². The Morgan fingerprint density at radius 2 is 1.61 bits per heavy atom. The van der Waals surface area contributed by atoms with E-state index in [0.29, 0.717) is 6.42 Å². The van der Waals surface area contributed by atoms with Gasteiger partial charge < -0.3 is 10.2 Å². The Hall–Kier alpha value is -2.87. The smallest absolute Gasteiger partial charge is 0.328 e. The van der Waals surface area contributed by atoms with Gasteiger partial charge in [0.25, 0.3) is 0 Å². The molecule has 0 spiro atoms. The Labute approximate surface area is 163 Å². The third kappa shape index (κ3) is 5.32. The van der Waals surface area contributed by atoms with Crippen LogP contribution in [0.1, 0.15) is 38.8 Å². The Morgan fingerprint density at radius 1 is 1.00 bits per heavy atom. The Bertz CT molecular complexity index is 856. The summed E-state index contributed by atoms with van der Waals surface area (Å²) in [5, 5.41) is 21.5. The van der Waals surface area contributed by atoms with Crippen molar-refractivity contribution in [2.45, 2.75) is 51.9 Å². The summed E-state index contributed by atoms with van der Waals surface area (Å²) < 4.78 is 2.82. The van der Waals surface area contributed by atoms with Gasteiger partial charge in [-0.05, 0) is 24.8 Å². The van der Waals surface area contributed by atoms with Gasteiger partial charge in [-0.1, -0.05) is 44.2 Å². The molecule has 0 fully saturated rings. The zero-order valence-corrected chi connectivity index (χ0v) is 16.3. The molecule has 2 rings (SSSR count). The van der Waals surface area contributed by atoms with Crippen LogP contribution in [-0.4, -0.2) is 43.4 Å². The lowest BCUT2D eigenvalue weighted by atomic mass is 10.0. The molecule has 2 aromatic rings. The number of hydrogen-bond acceptors (Lipinski definition) is 4. The molecule has 1 aromatic carbocycles. The minimum Gasteiger partial charge on any atom is -0.480 e. The van der Waals surface area contributed by atoms with Gasteiger partial charge in [0.2, 0.25) is 0 Å². The summed E-state index contributed by atoms with van der Waals surface area (Å²) in [4.78, 5) is 35.8. The van der Waals surface area contributed by atoms with Crippen LogP contribution in [-0.2, 0) is 16.1 Å². The number of nitrogens with zero attached hydrogens (tertiary/aromatic N) is 2. The van der Waals surface area contributed by atoms with Crippen molar-refractivity contribution in [2.75, 3.05) is 0 Å². The highest BCUT2D eigenvalue weighted by molar-refractivity contribution is 5.77. The average molecular weight is 389 g/mol. The number of carboxylic acids is 2. The average Bonchev–Trinajstić information content (AvgIpc) is 3.00. The zero-order chi connectivity index (χ0) is 20.8. The van der Waals surface area contributed by atoms with Crippen LogP contribution < -0.4 is 11.0 Å². The van der Waals surface area contributed by atoms with Crippen molar-refractivity contribution in [1.29, 1.82) is 0 Å². The maximum absolute atomic E-state index is 12.7. The molecule has 152 valence electrons. The molecular formula is C20H27N3O5. The van der Waals surface area contributed by atoms with Crippen molar-refractivity contribution in [2.24, 2.45) is 5.92 Å². The Kier molecular flexibility index (Phi) is 7.17. The largest absolute Gasteiger partial charge is 0.480 e. The molecule has 0 saturated heterocycles. The van der Waals surface area contributed by atoms with E-state index in [1.54, 1.807) is 6.20 Å². The first-order chi connectivity index (χ1) is 13.2. The minimum atomic E-state index is -1.20. The standard InChI is InChI=1S/C20H27N3O5/c1-13(2)11-16(18(24)25)21-17(19(26)27)12-22-9-10-23(20(22)28)14(3)15-7-5-4-6-8-15/h4-10,13-14,16-17,21H,11-12H2,1-3H3,(H,24,25)(H,26,27)/t14-,16+,17+/m1/s1. The molecule has 8 nitrogen and oxygen atoms in total. The van der Waals surface area contributed by atoms with Crippen LogP contribution in [0.3, 0.4) is 0 Å². The Balaban J connectivity index is 2.20. The van der Waals surface area contributed by atoms with Gasteiger partial charge in [-0.15, -0.1) is 0 Å². The molecule has 0 aliphatic heterocycles. The van der Waals surface area contributed by atoms with Gasteiger partial charge in [0.1, 0.15) is 12.1 Å². The number of rotatable bonds is 10. The maximum Gasteiger partial charge on any atom is 0.328 e. The van der Waals surface area contributed by atoms with E-state index >= 15 is 0 Å². The number of benzene rings is 1. The fraction of sp³-hybridized carbons (Fsp3) is 0.450. The molecule has 8 heteroatoms. The van der Waals surface area contributed by atoms with Gasteiger partial charge >= 0.3 is 17.6 Å². The second-order valence-corrected chi connectivity index (χ2v) is 7.30. The summed E-state index contributed by atoms with van der Waals surface area (Å²) >= 11 is 0. The topological polar surface area (TPSA) is 114 Å². The highest BCUT2D eigenvalue weighted by Crippen LogP contribution is 2.15. The van der Waals surface area contributed by atoms with Gasteiger partial charge in [-0.2, -0.15) is 0 Å². The lowest BCUT2D eigenvalue weighted by Crippen LogP contribution is -2.50. The Morgan fingerprint density at radius 3 is 2.14 bits per heavy atom. The first-order valence-corrected chi connectivity index (χ1v) is 9.24. The van der Waals surface area contributed by atoms with Gasteiger partial charge in [0.15, 0.2) is 0 Å². The fourth-order valence-corrected chi connectivity index (χ4v) is 3.11. The number of nitrogens with one attached hydrogen (secondary N) is 1. The van der Waals surface area contributed by atoms with Gasteiger partial charge in [0.05, 0.1) is 12.6 Å². The first-order valence-electron chi connectivity index (χ1n) is 9.24. The number of aliphatic carboxylic acids is 2. The second kappa shape index (κ2) is 9.36. The van der Waals surface area contributed by atoms with Crippen LogP contribution in [0.5, 0.6) is 0 Å². The number of aromatic nitrogens is 2. The molecule has 0 aliphatic carbocycles. The molecule has 1 aromatic heterocycles. The van der Waals surface area contributed by atoms with E-state index in [2.05, 4.69) is 5.32 Å². The van der Waals surface area contributed by atoms with Gasteiger partial charge in [-0.3, -0.25) is 24.0 Å². The summed E-state index contributed by atoms with van der Waals surface area (Å²) in [5.41, 5.74) is 0.610. The lowest BCUT2D eigenvalue weighted by molar-refractivity contribution is -0.143. The molecule has 3 atom stereocenters. The predicted molar refractivity (Wildman–Crippen MR) is 104 cm³/mol. The zero-order valence-electron chi connectivity index (χ0n) is 16.3. The number of carbonyl (C=O) groups is 2. The third-order valence-electron chi connectivity index (χ3n) is 4.66. The molecule has 1 heterocycles. The summed E-state index contributed by atoms with van der Waals surface area (Å²) in [5.74, 6) is -2.23. The van der Waals surface area contributed by atoms with Crippen molar-refractivity contribution >= 4 is 11.9 Å². The van der Waals surface area contributed by atoms with E-state index in [9.17, 15) is 24.6 Å². The van der Waals surface area contributed by atoms with Crippen LogP contribution in [0.15, 0.2) is 47.5 Å². The van der Waals surface area contributed by atoms with Crippen LogP contribution >= 0.6 is 0 Å². The highest BCUT2D eigenvalue weighted by Gasteiger charge is 2.27.